The number of hydrogen-bond acceptors (Lipinski definition) is 3. The van der Waals surface area contributed by atoms with Crippen LogP contribution >= 0.6 is 0 Å². The summed E-state index contributed by atoms with van der Waals surface area (Å²) in [4.78, 5) is 2.76. The van der Waals surface area contributed by atoms with E-state index in [1.807, 2.05) is 0 Å². The smallest absolute Gasteiger partial charge is 0.0472 e. The van der Waals surface area contributed by atoms with Gasteiger partial charge in [0.1, 0.15) is 0 Å². The molecule has 0 radical (unpaired) electrons. The summed E-state index contributed by atoms with van der Waals surface area (Å²) in [5.41, 5.74) is 7.07. The predicted molar refractivity (Wildman–Crippen MR) is 73.5 cm³/mol. The van der Waals surface area contributed by atoms with Crippen LogP contribution in [0.3, 0.4) is 0 Å². The van der Waals surface area contributed by atoms with Gasteiger partial charge in [-0.3, -0.25) is 4.90 Å². The van der Waals surface area contributed by atoms with Gasteiger partial charge in [-0.1, -0.05) is 13.3 Å². The lowest BCUT2D eigenvalue weighted by atomic mass is 9.66. The van der Waals surface area contributed by atoms with Crippen molar-refractivity contribution in [2.75, 3.05) is 32.8 Å². The van der Waals surface area contributed by atoms with E-state index in [1.165, 1.54) is 51.6 Å². The average Bonchev–Trinajstić information content (AvgIpc) is 2.96. The molecule has 2 unspecified atom stereocenters. The number of nitrogens with two attached hydrogens (primary N) is 1. The highest BCUT2D eigenvalue weighted by atomic mass is 16.5. The van der Waals surface area contributed by atoms with Gasteiger partial charge in [-0.15, -0.1) is 0 Å². The molecule has 104 valence electrons. The zero-order valence-corrected chi connectivity index (χ0v) is 11.8. The minimum absolute atomic E-state index is 0.293. The fourth-order valence-corrected chi connectivity index (χ4v) is 4.96. The van der Waals surface area contributed by atoms with Crippen molar-refractivity contribution in [1.82, 2.24) is 4.90 Å². The molecule has 0 bridgehead atoms. The molecule has 2 N–H and O–H groups in total. The summed E-state index contributed by atoms with van der Waals surface area (Å²) in [5, 5.41) is 0. The molecule has 3 nitrogen and oxygen atoms in total. The summed E-state index contributed by atoms with van der Waals surface area (Å²) in [6.45, 7) is 7.66. The Bertz CT molecular complexity index is 301. The average molecular weight is 252 g/mol. The summed E-state index contributed by atoms with van der Waals surface area (Å²) in [6.07, 6.45) is 7.87. The highest BCUT2D eigenvalue weighted by molar-refractivity contribution is 5.12. The molecule has 1 aliphatic carbocycles. The van der Waals surface area contributed by atoms with Crippen molar-refractivity contribution in [3.63, 3.8) is 0 Å². The molecule has 3 rings (SSSR count). The number of likely N-dealkylation sites (tertiary alicyclic amines) is 1. The lowest BCUT2D eigenvalue weighted by molar-refractivity contribution is -0.0695. The Morgan fingerprint density at radius 1 is 1.22 bits per heavy atom. The van der Waals surface area contributed by atoms with Crippen molar-refractivity contribution < 1.29 is 4.74 Å². The van der Waals surface area contributed by atoms with Crippen LogP contribution in [0.4, 0.5) is 0 Å². The normalized spacial score (nSPS) is 40.7. The minimum Gasteiger partial charge on any atom is -0.381 e. The SMILES string of the molecule is CC1CCN(C2(CN)CCCC23CCOCC3)C1. The fraction of sp³-hybridized carbons (Fsp3) is 1.00. The molecule has 3 fully saturated rings. The molecule has 2 saturated heterocycles. The van der Waals surface area contributed by atoms with Crippen LogP contribution in [0.2, 0.25) is 0 Å². The second kappa shape index (κ2) is 4.77. The van der Waals surface area contributed by atoms with Gasteiger partial charge in [-0.25, -0.2) is 0 Å². The summed E-state index contributed by atoms with van der Waals surface area (Å²) in [6, 6.07) is 0. The molecular weight excluding hydrogens is 224 g/mol. The van der Waals surface area contributed by atoms with Crippen LogP contribution in [-0.2, 0) is 4.74 Å². The maximum Gasteiger partial charge on any atom is 0.0472 e. The van der Waals surface area contributed by atoms with Crippen LogP contribution in [0.25, 0.3) is 0 Å². The van der Waals surface area contributed by atoms with Crippen LogP contribution in [0.1, 0.15) is 45.4 Å². The molecule has 2 aliphatic heterocycles. The first kappa shape index (κ1) is 12.9. The van der Waals surface area contributed by atoms with Gasteiger partial charge >= 0.3 is 0 Å². The lowest BCUT2D eigenvalue weighted by Gasteiger charge is -2.53. The van der Waals surface area contributed by atoms with E-state index in [0.29, 0.717) is 11.0 Å². The molecule has 1 saturated carbocycles. The van der Waals surface area contributed by atoms with Gasteiger partial charge in [0.25, 0.3) is 0 Å². The van der Waals surface area contributed by atoms with E-state index < -0.39 is 0 Å². The zero-order chi connectivity index (χ0) is 12.6. The van der Waals surface area contributed by atoms with Crippen molar-refractivity contribution in [3.05, 3.63) is 0 Å². The third-order valence-corrected chi connectivity index (χ3v) is 6.05. The molecule has 3 aliphatic rings. The Hall–Kier alpha value is -0.120. The molecule has 2 atom stereocenters. The van der Waals surface area contributed by atoms with Gasteiger partial charge in [-0.05, 0) is 50.0 Å². The minimum atomic E-state index is 0.293. The second-order valence-corrected chi connectivity index (χ2v) is 6.82. The van der Waals surface area contributed by atoms with Gasteiger partial charge in [0.05, 0.1) is 0 Å². The Kier molecular flexibility index (Phi) is 3.41. The highest BCUT2D eigenvalue weighted by Crippen LogP contribution is 2.56. The molecule has 1 spiro atoms. The first-order chi connectivity index (χ1) is 8.72. The summed E-state index contributed by atoms with van der Waals surface area (Å²) >= 11 is 0. The van der Waals surface area contributed by atoms with Crippen molar-refractivity contribution in [1.29, 1.82) is 0 Å². The van der Waals surface area contributed by atoms with E-state index in [1.54, 1.807) is 0 Å². The Balaban J connectivity index is 1.88. The summed E-state index contributed by atoms with van der Waals surface area (Å²) in [5.74, 6) is 0.853. The Morgan fingerprint density at radius 2 is 2.00 bits per heavy atom. The first-order valence-corrected chi connectivity index (χ1v) is 7.75. The van der Waals surface area contributed by atoms with Crippen molar-refractivity contribution in [2.45, 2.75) is 51.0 Å². The largest absolute Gasteiger partial charge is 0.381 e. The van der Waals surface area contributed by atoms with Crippen molar-refractivity contribution in [2.24, 2.45) is 17.1 Å². The van der Waals surface area contributed by atoms with Crippen LogP contribution in [-0.4, -0.2) is 43.3 Å². The van der Waals surface area contributed by atoms with Crippen LogP contribution in [0.5, 0.6) is 0 Å². The van der Waals surface area contributed by atoms with E-state index in [2.05, 4.69) is 11.8 Å². The number of nitrogens with zero attached hydrogens (tertiary/aromatic N) is 1. The second-order valence-electron chi connectivity index (χ2n) is 6.82. The monoisotopic (exact) mass is 252 g/mol. The molecule has 0 amide bonds. The third-order valence-electron chi connectivity index (χ3n) is 6.05. The molecule has 0 aromatic carbocycles. The fourth-order valence-electron chi connectivity index (χ4n) is 4.96. The Labute approximate surface area is 111 Å². The maximum atomic E-state index is 6.32. The standard InChI is InChI=1S/C15H28N2O/c1-13-3-8-17(11-13)15(12-16)5-2-4-14(15)6-9-18-10-7-14/h13H,2-12,16H2,1H3. The van der Waals surface area contributed by atoms with E-state index in [4.69, 9.17) is 10.5 Å². The zero-order valence-electron chi connectivity index (χ0n) is 11.8. The van der Waals surface area contributed by atoms with E-state index >= 15 is 0 Å². The highest BCUT2D eigenvalue weighted by Gasteiger charge is 2.57. The predicted octanol–water partition coefficient (Wildman–Crippen LogP) is 2.01. The van der Waals surface area contributed by atoms with Crippen molar-refractivity contribution in [3.8, 4) is 0 Å². The molecular formula is C15H28N2O. The van der Waals surface area contributed by atoms with Gasteiger partial charge in [0.2, 0.25) is 0 Å². The molecule has 18 heavy (non-hydrogen) atoms. The van der Waals surface area contributed by atoms with E-state index in [-0.39, 0.29) is 0 Å². The van der Waals surface area contributed by atoms with Gasteiger partial charge in [-0.2, -0.15) is 0 Å². The number of ether oxygens (including phenoxy) is 1. The third kappa shape index (κ3) is 1.75. The van der Waals surface area contributed by atoms with Gasteiger partial charge in [0, 0.05) is 31.8 Å². The summed E-state index contributed by atoms with van der Waals surface area (Å²) < 4.78 is 5.62. The molecule has 2 heterocycles. The van der Waals surface area contributed by atoms with E-state index in [9.17, 15) is 0 Å². The topological polar surface area (TPSA) is 38.5 Å². The van der Waals surface area contributed by atoms with E-state index in [0.717, 1.165) is 25.7 Å². The summed E-state index contributed by atoms with van der Waals surface area (Å²) in [7, 11) is 0. The van der Waals surface area contributed by atoms with Crippen LogP contribution in [0.15, 0.2) is 0 Å². The van der Waals surface area contributed by atoms with Crippen LogP contribution in [0, 0.1) is 11.3 Å². The quantitative estimate of drug-likeness (QED) is 0.817. The maximum absolute atomic E-state index is 6.32. The number of rotatable bonds is 2. The molecule has 0 aromatic rings. The first-order valence-electron chi connectivity index (χ1n) is 7.75. The lowest BCUT2D eigenvalue weighted by Crippen LogP contribution is -2.62. The van der Waals surface area contributed by atoms with Gasteiger partial charge < -0.3 is 10.5 Å². The Morgan fingerprint density at radius 3 is 2.61 bits per heavy atom. The number of hydrogen-bond donors (Lipinski definition) is 1. The molecule has 0 aromatic heterocycles. The van der Waals surface area contributed by atoms with Crippen LogP contribution < -0.4 is 5.73 Å². The molecule has 3 heteroatoms. The van der Waals surface area contributed by atoms with Gasteiger partial charge in [0.15, 0.2) is 0 Å². The van der Waals surface area contributed by atoms with Crippen molar-refractivity contribution >= 4 is 0 Å².